The fraction of sp³-hybridized carbons (Fsp3) is 0.294. The zero-order valence-electron chi connectivity index (χ0n) is 13.2. The summed E-state index contributed by atoms with van der Waals surface area (Å²) < 4.78 is 0. The van der Waals surface area contributed by atoms with Crippen LogP contribution < -0.4 is 4.90 Å². The molecule has 0 spiro atoms. The van der Waals surface area contributed by atoms with E-state index in [1.54, 1.807) is 19.1 Å². The van der Waals surface area contributed by atoms with Crippen molar-refractivity contribution in [2.24, 2.45) is 5.92 Å². The Morgan fingerprint density at radius 2 is 2.00 bits per heavy atom. The summed E-state index contributed by atoms with van der Waals surface area (Å²) in [5, 5.41) is 0.913. The minimum Gasteiger partial charge on any atom is -0.293 e. The molecule has 124 valence electrons. The number of hydrogen-bond donors (Lipinski definition) is 0. The maximum atomic E-state index is 12.6. The van der Waals surface area contributed by atoms with Crippen molar-refractivity contribution in [3.8, 4) is 0 Å². The van der Waals surface area contributed by atoms with E-state index in [4.69, 9.17) is 11.6 Å². The Bertz CT molecular complexity index is 829. The normalized spacial score (nSPS) is 17.6. The fourth-order valence-corrected chi connectivity index (χ4v) is 3.87. The number of halogens is 1. The number of carbonyl (C=O) groups excluding carboxylic acids is 3. The van der Waals surface area contributed by atoms with Gasteiger partial charge in [-0.3, -0.25) is 14.4 Å². The van der Waals surface area contributed by atoms with Crippen LogP contribution in [-0.2, 0) is 16.0 Å². The van der Waals surface area contributed by atoms with Crippen LogP contribution in [-0.4, -0.2) is 22.6 Å². The smallest absolute Gasteiger partial charge is 0.239 e. The summed E-state index contributed by atoms with van der Waals surface area (Å²) in [4.78, 5) is 42.5. The molecule has 2 aromatic rings. The van der Waals surface area contributed by atoms with Gasteiger partial charge in [-0.25, -0.2) is 9.88 Å². The first-order valence-electron chi connectivity index (χ1n) is 7.46. The number of hydrogen-bond acceptors (Lipinski definition) is 5. The molecule has 0 bridgehead atoms. The predicted molar refractivity (Wildman–Crippen MR) is 92.6 cm³/mol. The molecule has 3 rings (SSSR count). The van der Waals surface area contributed by atoms with Crippen LogP contribution in [0.3, 0.4) is 0 Å². The van der Waals surface area contributed by atoms with E-state index in [-0.39, 0.29) is 29.1 Å². The van der Waals surface area contributed by atoms with Gasteiger partial charge >= 0.3 is 0 Å². The molecule has 1 aliphatic rings. The van der Waals surface area contributed by atoms with Crippen LogP contribution in [0.5, 0.6) is 0 Å². The Morgan fingerprint density at radius 1 is 1.33 bits per heavy atom. The molecule has 2 amide bonds. The van der Waals surface area contributed by atoms with Gasteiger partial charge in [0, 0.05) is 23.2 Å². The van der Waals surface area contributed by atoms with Crippen molar-refractivity contribution < 1.29 is 14.4 Å². The van der Waals surface area contributed by atoms with Crippen LogP contribution in [0.1, 0.15) is 34.3 Å². The minimum absolute atomic E-state index is 0.148. The summed E-state index contributed by atoms with van der Waals surface area (Å²) in [6.45, 7) is 3.18. The maximum Gasteiger partial charge on any atom is 0.239 e. The van der Waals surface area contributed by atoms with Gasteiger partial charge in [0.05, 0.1) is 5.92 Å². The molecule has 1 aliphatic heterocycles. The summed E-state index contributed by atoms with van der Waals surface area (Å²) >= 11 is 7.05. The molecule has 0 radical (unpaired) electrons. The molecule has 0 N–H and O–H groups in total. The van der Waals surface area contributed by atoms with Gasteiger partial charge in [-0.2, -0.15) is 0 Å². The van der Waals surface area contributed by atoms with Crippen molar-refractivity contribution in [2.75, 3.05) is 4.90 Å². The lowest BCUT2D eigenvalue weighted by Crippen LogP contribution is -2.30. The van der Waals surface area contributed by atoms with Crippen LogP contribution in [0.4, 0.5) is 5.13 Å². The highest BCUT2D eigenvalue weighted by Crippen LogP contribution is 2.33. The Hall–Kier alpha value is -2.05. The minimum atomic E-state index is -0.413. The largest absolute Gasteiger partial charge is 0.293 e. The highest BCUT2D eigenvalue weighted by molar-refractivity contribution is 7.16. The molecule has 0 saturated carbocycles. The van der Waals surface area contributed by atoms with Crippen molar-refractivity contribution >= 4 is 45.7 Å². The van der Waals surface area contributed by atoms with E-state index in [2.05, 4.69) is 4.98 Å². The zero-order chi connectivity index (χ0) is 17.4. The molecule has 1 atom stereocenters. The number of aromatic nitrogens is 1. The average Bonchev–Trinajstić information content (AvgIpc) is 3.02. The summed E-state index contributed by atoms with van der Waals surface area (Å²) in [7, 11) is 0. The van der Waals surface area contributed by atoms with Gasteiger partial charge in [-0.15, -0.1) is 11.3 Å². The lowest BCUT2D eigenvalue weighted by molar-refractivity contribution is -0.122. The molecule has 1 fully saturated rings. The molecule has 5 nitrogen and oxygen atoms in total. The Morgan fingerprint density at radius 3 is 2.58 bits per heavy atom. The molecule has 0 unspecified atom stereocenters. The predicted octanol–water partition coefficient (Wildman–Crippen LogP) is 3.43. The molecule has 0 aliphatic carbocycles. The van der Waals surface area contributed by atoms with Gasteiger partial charge in [-0.1, -0.05) is 23.7 Å². The maximum absolute atomic E-state index is 12.6. The lowest BCUT2D eigenvalue weighted by Gasteiger charge is -2.11. The van der Waals surface area contributed by atoms with Crippen LogP contribution in [0.25, 0.3) is 0 Å². The number of ketones is 1. The van der Waals surface area contributed by atoms with E-state index in [9.17, 15) is 14.4 Å². The van der Waals surface area contributed by atoms with E-state index < -0.39 is 5.92 Å². The zero-order valence-corrected chi connectivity index (χ0v) is 14.8. The Labute approximate surface area is 148 Å². The lowest BCUT2D eigenvalue weighted by atomic mass is 9.98. The number of aryl methyl sites for hydroxylation is 1. The highest BCUT2D eigenvalue weighted by atomic mass is 35.5. The van der Waals surface area contributed by atoms with E-state index in [0.29, 0.717) is 22.0 Å². The second-order valence-corrected chi connectivity index (χ2v) is 7.37. The molecule has 7 heteroatoms. The summed E-state index contributed by atoms with van der Waals surface area (Å²) in [6, 6.07) is 7.23. The Balaban J connectivity index is 1.82. The molecule has 1 aromatic carbocycles. The van der Waals surface area contributed by atoms with Gasteiger partial charge in [0.1, 0.15) is 5.69 Å². The van der Waals surface area contributed by atoms with Crippen molar-refractivity contribution in [3.05, 3.63) is 45.4 Å². The van der Waals surface area contributed by atoms with Crippen LogP contribution in [0, 0.1) is 12.8 Å². The summed E-state index contributed by atoms with van der Waals surface area (Å²) in [5.41, 5.74) is 1.27. The van der Waals surface area contributed by atoms with Gasteiger partial charge in [0.2, 0.25) is 11.8 Å². The summed E-state index contributed by atoms with van der Waals surface area (Å²) in [5.74, 6) is -1.13. The summed E-state index contributed by atoms with van der Waals surface area (Å²) in [6.07, 6.45) is 0.623. The second-order valence-electron chi connectivity index (χ2n) is 5.76. The van der Waals surface area contributed by atoms with Gasteiger partial charge in [-0.05, 0) is 31.0 Å². The van der Waals surface area contributed by atoms with E-state index in [1.807, 2.05) is 12.1 Å². The number of benzene rings is 1. The van der Waals surface area contributed by atoms with Crippen LogP contribution in [0.15, 0.2) is 24.3 Å². The number of anilines is 1. The highest BCUT2D eigenvalue weighted by Gasteiger charge is 2.41. The van der Waals surface area contributed by atoms with Crippen molar-refractivity contribution in [1.82, 2.24) is 4.98 Å². The van der Waals surface area contributed by atoms with E-state index in [0.717, 1.165) is 10.5 Å². The van der Waals surface area contributed by atoms with Crippen LogP contribution in [0.2, 0.25) is 5.02 Å². The number of nitrogens with zero attached hydrogens (tertiary/aromatic N) is 2. The van der Waals surface area contributed by atoms with Crippen molar-refractivity contribution in [2.45, 2.75) is 26.7 Å². The molecule has 1 aromatic heterocycles. The third-order valence-electron chi connectivity index (χ3n) is 3.95. The van der Waals surface area contributed by atoms with Gasteiger partial charge in [0.15, 0.2) is 10.9 Å². The molecule has 2 heterocycles. The number of rotatable bonds is 4. The third kappa shape index (κ3) is 3.12. The molecule has 1 saturated heterocycles. The van der Waals surface area contributed by atoms with Crippen molar-refractivity contribution in [3.63, 3.8) is 0 Å². The number of carbonyl (C=O) groups is 3. The average molecular weight is 363 g/mol. The first-order valence-corrected chi connectivity index (χ1v) is 8.66. The standard InChI is InChI=1S/C17H15ClN2O3S/c1-9(21)15-10(2)24-17(19-15)20-14(22)8-12(16(20)23)7-11-3-5-13(18)6-4-11/h3-6,12H,7-8H2,1-2H3/t12-/m1/s1. The Kier molecular flexibility index (Phi) is 4.51. The van der Waals surface area contributed by atoms with E-state index in [1.165, 1.54) is 18.3 Å². The number of imide groups is 1. The van der Waals surface area contributed by atoms with Crippen molar-refractivity contribution in [1.29, 1.82) is 0 Å². The quantitative estimate of drug-likeness (QED) is 0.617. The molecular weight excluding hydrogens is 348 g/mol. The molecular formula is C17H15ClN2O3S. The van der Waals surface area contributed by atoms with Crippen LogP contribution >= 0.6 is 22.9 Å². The fourth-order valence-electron chi connectivity index (χ4n) is 2.77. The second kappa shape index (κ2) is 6.45. The first-order chi connectivity index (χ1) is 11.4. The molecule has 24 heavy (non-hydrogen) atoms. The third-order valence-corrected chi connectivity index (χ3v) is 5.15. The van der Waals surface area contributed by atoms with Gasteiger partial charge in [0.25, 0.3) is 0 Å². The SMILES string of the molecule is CC(=O)c1nc(N2C(=O)C[C@@H](Cc3ccc(Cl)cc3)C2=O)sc1C. The number of amides is 2. The number of thiazole rings is 1. The topological polar surface area (TPSA) is 67.3 Å². The first kappa shape index (κ1) is 16.8. The number of Topliss-reactive ketones (excluding diaryl/α,β-unsaturated/α-hetero) is 1. The van der Waals surface area contributed by atoms with Gasteiger partial charge < -0.3 is 0 Å². The monoisotopic (exact) mass is 362 g/mol. The van der Waals surface area contributed by atoms with E-state index >= 15 is 0 Å².